The third-order valence-electron chi connectivity index (χ3n) is 8.86. The second-order valence-corrected chi connectivity index (χ2v) is 12.4. The monoisotopic (exact) mass is 577 g/mol. The van der Waals surface area contributed by atoms with Gasteiger partial charge in [-0.1, -0.05) is 121 Å². The Morgan fingerprint density at radius 2 is 0.977 bits per heavy atom. The molecule has 0 aliphatic heterocycles. The summed E-state index contributed by atoms with van der Waals surface area (Å²) in [6, 6.07) is 59.7. The molecule has 0 unspecified atom stereocenters. The van der Waals surface area contributed by atoms with Crippen LogP contribution in [0.2, 0.25) is 0 Å². The van der Waals surface area contributed by atoms with Gasteiger partial charge in [0, 0.05) is 31.5 Å². The number of nitrogens with zero attached hydrogens (tertiary/aromatic N) is 1. The lowest BCUT2D eigenvalue weighted by molar-refractivity contribution is 1.30. The molecular formula is C42H27NS. The Labute approximate surface area is 259 Å². The standard InChI is InChI=1S/C42H27NS/c1-2-11-30(12-3-1)43(39-17-9-19-41-42(39)38-14-6-7-18-40(38)44-41)31-23-20-29(21-24-31)33-15-8-16-34-35(33)26-27-36-32-13-5-4-10-28(32)22-25-37(34)36/h1-27H. The summed E-state index contributed by atoms with van der Waals surface area (Å²) in [6.07, 6.45) is 0. The van der Waals surface area contributed by atoms with Crippen LogP contribution >= 0.6 is 11.3 Å². The largest absolute Gasteiger partial charge is 0.310 e. The normalized spacial score (nSPS) is 11.6. The van der Waals surface area contributed by atoms with E-state index in [0.29, 0.717) is 0 Å². The molecule has 44 heavy (non-hydrogen) atoms. The molecule has 0 bridgehead atoms. The van der Waals surface area contributed by atoms with Gasteiger partial charge in [0.2, 0.25) is 0 Å². The molecule has 1 nitrogen and oxygen atoms in total. The fourth-order valence-corrected chi connectivity index (χ4v) is 7.97. The second kappa shape index (κ2) is 10.1. The molecule has 0 fully saturated rings. The fraction of sp³-hybridized carbons (Fsp3) is 0. The van der Waals surface area contributed by atoms with E-state index in [1.165, 1.54) is 69.3 Å². The summed E-state index contributed by atoms with van der Waals surface area (Å²) in [5.41, 5.74) is 5.95. The molecule has 0 radical (unpaired) electrons. The number of anilines is 3. The molecule has 9 aromatic rings. The van der Waals surface area contributed by atoms with Crippen LogP contribution in [0.5, 0.6) is 0 Å². The Morgan fingerprint density at radius 3 is 1.86 bits per heavy atom. The zero-order valence-electron chi connectivity index (χ0n) is 23.9. The summed E-state index contributed by atoms with van der Waals surface area (Å²) in [5.74, 6) is 0. The van der Waals surface area contributed by atoms with Gasteiger partial charge in [-0.05, 0) is 85.9 Å². The minimum atomic E-state index is 1.14. The van der Waals surface area contributed by atoms with Crippen molar-refractivity contribution in [3.8, 4) is 11.1 Å². The maximum Gasteiger partial charge on any atom is 0.0554 e. The van der Waals surface area contributed by atoms with E-state index in [1.54, 1.807) is 0 Å². The molecule has 206 valence electrons. The topological polar surface area (TPSA) is 3.24 Å². The first-order valence-corrected chi connectivity index (χ1v) is 15.8. The molecule has 1 heterocycles. The number of hydrogen-bond acceptors (Lipinski definition) is 2. The lowest BCUT2D eigenvalue weighted by Gasteiger charge is -2.26. The highest BCUT2D eigenvalue weighted by Crippen LogP contribution is 2.45. The van der Waals surface area contributed by atoms with Crippen LogP contribution in [0.3, 0.4) is 0 Å². The van der Waals surface area contributed by atoms with E-state index in [9.17, 15) is 0 Å². The summed E-state index contributed by atoms with van der Waals surface area (Å²) in [7, 11) is 0. The van der Waals surface area contributed by atoms with Crippen molar-refractivity contribution in [2.75, 3.05) is 4.90 Å². The molecule has 0 saturated carbocycles. The number of fused-ring (bicyclic) bond motifs is 8. The fourth-order valence-electron chi connectivity index (χ4n) is 6.84. The summed E-state index contributed by atoms with van der Waals surface area (Å²) < 4.78 is 2.62. The van der Waals surface area contributed by atoms with Gasteiger partial charge < -0.3 is 4.90 Å². The van der Waals surface area contributed by atoms with Crippen LogP contribution in [-0.4, -0.2) is 0 Å². The SMILES string of the molecule is c1ccc(N(c2ccc(-c3cccc4c3ccc3c5ccccc5ccc43)cc2)c2cccc3sc4ccccc4c23)cc1. The van der Waals surface area contributed by atoms with Crippen molar-refractivity contribution >= 4 is 80.9 Å². The van der Waals surface area contributed by atoms with Crippen molar-refractivity contribution in [2.45, 2.75) is 0 Å². The lowest BCUT2D eigenvalue weighted by Crippen LogP contribution is -2.10. The Hall–Kier alpha value is -5.44. The average molecular weight is 578 g/mol. The molecule has 2 heteroatoms. The smallest absolute Gasteiger partial charge is 0.0554 e. The maximum atomic E-state index is 2.40. The van der Waals surface area contributed by atoms with Crippen LogP contribution < -0.4 is 4.90 Å². The number of para-hydroxylation sites is 1. The van der Waals surface area contributed by atoms with Gasteiger partial charge in [0.1, 0.15) is 0 Å². The third-order valence-corrected chi connectivity index (χ3v) is 9.99. The zero-order chi connectivity index (χ0) is 29.0. The average Bonchev–Trinajstić information content (AvgIpc) is 3.48. The molecule has 8 aromatic carbocycles. The van der Waals surface area contributed by atoms with Gasteiger partial charge >= 0.3 is 0 Å². The first-order chi connectivity index (χ1) is 21.8. The Bertz CT molecular complexity index is 2490. The van der Waals surface area contributed by atoms with Gasteiger partial charge in [0.25, 0.3) is 0 Å². The predicted molar refractivity (Wildman–Crippen MR) is 192 cm³/mol. The first kappa shape index (κ1) is 25.1. The second-order valence-electron chi connectivity index (χ2n) is 11.3. The number of benzene rings is 8. The Balaban J connectivity index is 1.20. The van der Waals surface area contributed by atoms with Crippen LogP contribution in [0, 0.1) is 0 Å². The number of rotatable bonds is 4. The van der Waals surface area contributed by atoms with Gasteiger partial charge in [0.05, 0.1) is 5.69 Å². The quantitative estimate of drug-likeness (QED) is 0.188. The van der Waals surface area contributed by atoms with Crippen molar-refractivity contribution in [2.24, 2.45) is 0 Å². The lowest BCUT2D eigenvalue weighted by atomic mass is 9.92. The van der Waals surface area contributed by atoms with E-state index < -0.39 is 0 Å². The van der Waals surface area contributed by atoms with E-state index >= 15 is 0 Å². The molecule has 9 rings (SSSR count). The van der Waals surface area contributed by atoms with Gasteiger partial charge in [0.15, 0.2) is 0 Å². The summed E-state index contributed by atoms with van der Waals surface area (Å²) in [5, 5.41) is 10.3. The first-order valence-electron chi connectivity index (χ1n) is 15.0. The molecule has 0 atom stereocenters. The number of hydrogen-bond donors (Lipinski definition) is 0. The molecule has 0 N–H and O–H groups in total. The van der Waals surface area contributed by atoms with Crippen LogP contribution in [0.25, 0.3) is 63.6 Å². The van der Waals surface area contributed by atoms with E-state index in [2.05, 4.69) is 169 Å². The van der Waals surface area contributed by atoms with Gasteiger partial charge in [-0.25, -0.2) is 0 Å². The van der Waals surface area contributed by atoms with Crippen molar-refractivity contribution in [3.05, 3.63) is 164 Å². The highest BCUT2D eigenvalue weighted by Gasteiger charge is 2.18. The van der Waals surface area contributed by atoms with Crippen molar-refractivity contribution in [3.63, 3.8) is 0 Å². The molecule has 0 aliphatic rings. The molecule has 0 amide bonds. The molecule has 1 aromatic heterocycles. The Morgan fingerprint density at radius 1 is 0.364 bits per heavy atom. The van der Waals surface area contributed by atoms with E-state index in [0.717, 1.165) is 11.4 Å². The zero-order valence-corrected chi connectivity index (χ0v) is 24.8. The van der Waals surface area contributed by atoms with Gasteiger partial charge in [-0.15, -0.1) is 11.3 Å². The number of thiophene rings is 1. The minimum absolute atomic E-state index is 1.14. The maximum absolute atomic E-state index is 2.40. The summed E-state index contributed by atoms with van der Waals surface area (Å²) in [6.45, 7) is 0. The molecule has 0 aliphatic carbocycles. The molecule has 0 saturated heterocycles. The van der Waals surface area contributed by atoms with Crippen LogP contribution in [-0.2, 0) is 0 Å². The highest BCUT2D eigenvalue weighted by molar-refractivity contribution is 7.26. The molecular weight excluding hydrogens is 551 g/mol. The molecule has 0 spiro atoms. The summed E-state index contributed by atoms with van der Waals surface area (Å²) in [4.78, 5) is 2.40. The summed E-state index contributed by atoms with van der Waals surface area (Å²) >= 11 is 1.86. The van der Waals surface area contributed by atoms with E-state index in [1.807, 2.05) is 11.3 Å². The Kier molecular flexibility index (Phi) is 5.75. The third kappa shape index (κ3) is 3.92. The van der Waals surface area contributed by atoms with Crippen LogP contribution in [0.1, 0.15) is 0 Å². The minimum Gasteiger partial charge on any atom is -0.310 e. The van der Waals surface area contributed by atoms with Crippen LogP contribution in [0.15, 0.2) is 164 Å². The van der Waals surface area contributed by atoms with Gasteiger partial charge in [-0.3, -0.25) is 0 Å². The van der Waals surface area contributed by atoms with Crippen molar-refractivity contribution in [1.82, 2.24) is 0 Å². The van der Waals surface area contributed by atoms with Gasteiger partial charge in [-0.2, -0.15) is 0 Å². The van der Waals surface area contributed by atoms with Crippen molar-refractivity contribution in [1.29, 1.82) is 0 Å². The van der Waals surface area contributed by atoms with E-state index in [4.69, 9.17) is 0 Å². The highest BCUT2D eigenvalue weighted by atomic mass is 32.1. The predicted octanol–water partition coefficient (Wildman–Crippen LogP) is 12.7. The van der Waals surface area contributed by atoms with Crippen molar-refractivity contribution < 1.29 is 0 Å². The van der Waals surface area contributed by atoms with Crippen LogP contribution in [0.4, 0.5) is 17.1 Å². The van der Waals surface area contributed by atoms with E-state index in [-0.39, 0.29) is 0 Å².